The number of hydrogen-bond acceptors (Lipinski definition) is 3. The van der Waals surface area contributed by atoms with Crippen molar-refractivity contribution in [2.75, 3.05) is 19.0 Å². The van der Waals surface area contributed by atoms with E-state index in [9.17, 15) is 4.79 Å². The molecule has 0 spiro atoms. The Morgan fingerprint density at radius 3 is 2.48 bits per heavy atom. The van der Waals surface area contributed by atoms with Gasteiger partial charge in [-0.2, -0.15) is 0 Å². The van der Waals surface area contributed by atoms with Crippen LogP contribution >= 0.6 is 0 Å². The highest BCUT2D eigenvalue weighted by atomic mass is 16.5. The lowest BCUT2D eigenvalue weighted by Crippen LogP contribution is -2.36. The number of anilines is 1. The summed E-state index contributed by atoms with van der Waals surface area (Å²) in [5.41, 5.74) is 4.13. The van der Waals surface area contributed by atoms with E-state index in [2.05, 4.69) is 33.1 Å². The van der Waals surface area contributed by atoms with Crippen molar-refractivity contribution in [3.05, 3.63) is 59.2 Å². The highest BCUT2D eigenvalue weighted by Crippen LogP contribution is 2.19. The van der Waals surface area contributed by atoms with Gasteiger partial charge >= 0.3 is 0 Å². The van der Waals surface area contributed by atoms with E-state index in [-0.39, 0.29) is 5.91 Å². The van der Waals surface area contributed by atoms with Gasteiger partial charge in [0.25, 0.3) is 0 Å². The fourth-order valence-corrected chi connectivity index (χ4v) is 2.83. The number of aryl methyl sites for hydroxylation is 1. The van der Waals surface area contributed by atoms with Crippen molar-refractivity contribution in [1.82, 2.24) is 10.6 Å². The SMILES string of the molecule is CCCC(=O)Nc1ccc(CN=C(NCC)NCc2ccc(C)cc2OC)cc1. The summed E-state index contributed by atoms with van der Waals surface area (Å²) in [5, 5.41) is 9.52. The predicted molar refractivity (Wildman–Crippen MR) is 119 cm³/mol. The monoisotopic (exact) mass is 396 g/mol. The molecule has 0 aliphatic heterocycles. The molecule has 29 heavy (non-hydrogen) atoms. The van der Waals surface area contributed by atoms with Gasteiger partial charge in [-0.05, 0) is 49.6 Å². The molecule has 0 aromatic heterocycles. The second-order valence-corrected chi connectivity index (χ2v) is 6.86. The van der Waals surface area contributed by atoms with E-state index in [0.29, 0.717) is 19.5 Å². The third kappa shape index (κ3) is 7.49. The smallest absolute Gasteiger partial charge is 0.224 e. The van der Waals surface area contributed by atoms with Crippen LogP contribution in [0.1, 0.15) is 43.4 Å². The minimum absolute atomic E-state index is 0.0448. The van der Waals surface area contributed by atoms with Gasteiger partial charge in [-0.25, -0.2) is 4.99 Å². The zero-order valence-corrected chi connectivity index (χ0v) is 17.8. The first kappa shape index (κ1) is 22.3. The molecule has 0 fully saturated rings. The van der Waals surface area contributed by atoms with E-state index < -0.39 is 0 Å². The molecule has 156 valence electrons. The molecule has 2 rings (SSSR count). The van der Waals surface area contributed by atoms with E-state index in [1.807, 2.05) is 51.1 Å². The average molecular weight is 397 g/mol. The molecule has 0 saturated carbocycles. The van der Waals surface area contributed by atoms with E-state index >= 15 is 0 Å². The maximum atomic E-state index is 11.7. The Labute approximate surface area is 173 Å². The second kappa shape index (κ2) is 11.7. The molecule has 0 aliphatic carbocycles. The van der Waals surface area contributed by atoms with Crippen molar-refractivity contribution in [3.63, 3.8) is 0 Å². The van der Waals surface area contributed by atoms with Crippen molar-refractivity contribution in [2.24, 2.45) is 4.99 Å². The van der Waals surface area contributed by atoms with Crippen molar-refractivity contribution in [1.29, 1.82) is 0 Å². The quantitative estimate of drug-likeness (QED) is 0.442. The van der Waals surface area contributed by atoms with E-state index in [1.54, 1.807) is 7.11 Å². The molecule has 2 aromatic rings. The topological polar surface area (TPSA) is 74.8 Å². The summed E-state index contributed by atoms with van der Waals surface area (Å²) in [5.74, 6) is 1.66. The summed E-state index contributed by atoms with van der Waals surface area (Å²) in [4.78, 5) is 16.3. The Bertz CT molecular complexity index is 816. The Morgan fingerprint density at radius 2 is 1.83 bits per heavy atom. The van der Waals surface area contributed by atoms with Crippen LogP contribution in [0.5, 0.6) is 5.75 Å². The highest BCUT2D eigenvalue weighted by molar-refractivity contribution is 5.90. The van der Waals surface area contributed by atoms with Crippen LogP contribution in [-0.4, -0.2) is 25.5 Å². The molecule has 1 amide bonds. The van der Waals surface area contributed by atoms with Gasteiger partial charge in [0.05, 0.1) is 13.7 Å². The summed E-state index contributed by atoms with van der Waals surface area (Å²) in [6.45, 7) is 8.02. The van der Waals surface area contributed by atoms with Gasteiger partial charge < -0.3 is 20.7 Å². The van der Waals surface area contributed by atoms with E-state index in [1.165, 1.54) is 5.56 Å². The van der Waals surface area contributed by atoms with Crippen molar-refractivity contribution < 1.29 is 9.53 Å². The molecule has 0 saturated heterocycles. The lowest BCUT2D eigenvalue weighted by molar-refractivity contribution is -0.116. The molecule has 0 atom stereocenters. The molecule has 0 unspecified atom stereocenters. The molecular weight excluding hydrogens is 364 g/mol. The number of carbonyl (C=O) groups is 1. The number of nitrogens with zero attached hydrogens (tertiary/aromatic N) is 1. The Kier molecular flexibility index (Phi) is 9.02. The zero-order valence-electron chi connectivity index (χ0n) is 17.8. The lowest BCUT2D eigenvalue weighted by Gasteiger charge is -2.14. The summed E-state index contributed by atoms with van der Waals surface area (Å²) in [6, 6.07) is 14.0. The molecule has 2 aromatic carbocycles. The zero-order chi connectivity index (χ0) is 21.1. The van der Waals surface area contributed by atoms with Crippen LogP contribution in [0.4, 0.5) is 5.69 Å². The molecule has 0 radical (unpaired) electrons. The first-order valence-corrected chi connectivity index (χ1v) is 10.1. The third-order valence-corrected chi connectivity index (χ3v) is 4.37. The summed E-state index contributed by atoms with van der Waals surface area (Å²) in [6.07, 6.45) is 1.38. The minimum Gasteiger partial charge on any atom is -0.496 e. The van der Waals surface area contributed by atoms with Crippen LogP contribution in [0, 0.1) is 6.92 Å². The normalized spacial score (nSPS) is 11.1. The van der Waals surface area contributed by atoms with E-state index in [0.717, 1.165) is 41.5 Å². The maximum Gasteiger partial charge on any atom is 0.224 e. The van der Waals surface area contributed by atoms with Crippen LogP contribution in [0.2, 0.25) is 0 Å². The number of aliphatic imine (C=N–C) groups is 1. The Balaban J connectivity index is 1.97. The van der Waals surface area contributed by atoms with Crippen molar-refractivity contribution >= 4 is 17.6 Å². The van der Waals surface area contributed by atoms with Crippen LogP contribution in [0.15, 0.2) is 47.5 Å². The fraction of sp³-hybridized carbons (Fsp3) is 0.391. The van der Waals surface area contributed by atoms with E-state index in [4.69, 9.17) is 4.74 Å². The van der Waals surface area contributed by atoms with Crippen LogP contribution in [-0.2, 0) is 17.9 Å². The minimum atomic E-state index is 0.0448. The van der Waals surface area contributed by atoms with Gasteiger partial charge in [-0.1, -0.05) is 31.2 Å². The number of benzene rings is 2. The highest BCUT2D eigenvalue weighted by Gasteiger charge is 2.05. The maximum absolute atomic E-state index is 11.7. The largest absolute Gasteiger partial charge is 0.496 e. The van der Waals surface area contributed by atoms with Crippen LogP contribution in [0.25, 0.3) is 0 Å². The lowest BCUT2D eigenvalue weighted by atomic mass is 10.1. The molecule has 0 heterocycles. The predicted octanol–water partition coefficient (Wildman–Crippen LogP) is 4.00. The number of ether oxygens (including phenoxy) is 1. The molecule has 0 aliphatic rings. The molecule has 0 bridgehead atoms. The molecule has 6 heteroatoms. The molecular formula is C23H32N4O2. The summed E-state index contributed by atoms with van der Waals surface area (Å²) in [7, 11) is 1.69. The average Bonchev–Trinajstić information content (AvgIpc) is 2.72. The summed E-state index contributed by atoms with van der Waals surface area (Å²) < 4.78 is 5.47. The van der Waals surface area contributed by atoms with Gasteiger partial charge in [0, 0.05) is 30.8 Å². The van der Waals surface area contributed by atoms with Gasteiger partial charge in [0.1, 0.15) is 5.75 Å². The third-order valence-electron chi connectivity index (χ3n) is 4.37. The standard InChI is InChI=1S/C23H32N4O2/c1-5-7-22(28)27-20-12-9-18(10-13-20)15-25-23(24-6-2)26-16-19-11-8-17(3)14-21(19)29-4/h8-14H,5-7,15-16H2,1-4H3,(H,27,28)(H2,24,25,26). The number of guanidine groups is 1. The van der Waals surface area contributed by atoms with Crippen molar-refractivity contribution in [3.8, 4) is 5.75 Å². The van der Waals surface area contributed by atoms with Crippen molar-refractivity contribution in [2.45, 2.75) is 46.7 Å². The number of carbonyl (C=O) groups excluding carboxylic acids is 1. The number of hydrogen-bond donors (Lipinski definition) is 3. The first-order valence-electron chi connectivity index (χ1n) is 10.1. The second-order valence-electron chi connectivity index (χ2n) is 6.86. The number of nitrogens with one attached hydrogen (secondary N) is 3. The van der Waals surface area contributed by atoms with Crippen LogP contribution < -0.4 is 20.7 Å². The first-order chi connectivity index (χ1) is 14.0. The van der Waals surface area contributed by atoms with Gasteiger partial charge in [-0.15, -0.1) is 0 Å². The van der Waals surface area contributed by atoms with Gasteiger partial charge in [0.2, 0.25) is 5.91 Å². The van der Waals surface area contributed by atoms with Gasteiger partial charge in [-0.3, -0.25) is 4.79 Å². The number of amides is 1. The fourth-order valence-electron chi connectivity index (χ4n) is 2.83. The molecule has 3 N–H and O–H groups in total. The van der Waals surface area contributed by atoms with Crippen LogP contribution in [0.3, 0.4) is 0 Å². The number of methoxy groups -OCH3 is 1. The number of rotatable bonds is 9. The molecule has 6 nitrogen and oxygen atoms in total. The van der Waals surface area contributed by atoms with Gasteiger partial charge in [0.15, 0.2) is 5.96 Å². The summed E-state index contributed by atoms with van der Waals surface area (Å²) >= 11 is 0. The Hall–Kier alpha value is -3.02. The Morgan fingerprint density at radius 1 is 1.07 bits per heavy atom.